The molecule has 9 heteroatoms. The summed E-state index contributed by atoms with van der Waals surface area (Å²) < 4.78 is 28.2. The fraction of sp³-hybridized carbons (Fsp3) is 0.571. The lowest BCUT2D eigenvalue weighted by Gasteiger charge is -2.19. The first kappa shape index (κ1) is 24.0. The molecular formula is C21H31N3O5S. The normalized spacial score (nSPS) is 14.5. The van der Waals surface area contributed by atoms with Crippen LogP contribution in [0.15, 0.2) is 4.90 Å². The van der Waals surface area contributed by atoms with Gasteiger partial charge in [-0.15, -0.1) is 0 Å². The molecule has 8 nitrogen and oxygen atoms in total. The second-order valence-electron chi connectivity index (χ2n) is 7.74. The molecule has 0 bridgehead atoms. The minimum atomic E-state index is -3.74. The quantitative estimate of drug-likeness (QED) is 0.450. The number of rotatable bonds is 9. The Bertz CT molecular complexity index is 924. The van der Waals surface area contributed by atoms with Gasteiger partial charge in [0.2, 0.25) is 27.7 Å². The number of likely N-dealkylation sites (tertiary alicyclic amines) is 1. The molecule has 1 saturated heterocycles. The molecule has 1 fully saturated rings. The fourth-order valence-corrected chi connectivity index (χ4v) is 5.29. The zero-order valence-electron chi connectivity index (χ0n) is 18.3. The molecule has 1 aliphatic rings. The van der Waals surface area contributed by atoms with Gasteiger partial charge in [0.25, 0.3) is 0 Å². The lowest BCUT2D eigenvalue weighted by molar-refractivity contribution is -0.138. The van der Waals surface area contributed by atoms with E-state index in [4.69, 9.17) is 0 Å². The lowest BCUT2D eigenvalue weighted by Crippen LogP contribution is -2.34. The maximum Gasteiger partial charge on any atom is 0.241 e. The lowest BCUT2D eigenvalue weighted by atomic mass is 9.95. The van der Waals surface area contributed by atoms with Crippen molar-refractivity contribution in [1.82, 2.24) is 14.9 Å². The summed E-state index contributed by atoms with van der Waals surface area (Å²) in [5.74, 6) is -0.637. The third-order valence-electron chi connectivity index (χ3n) is 5.88. The van der Waals surface area contributed by atoms with Crippen LogP contribution in [0, 0.1) is 34.6 Å². The Kier molecular flexibility index (Phi) is 7.76. The molecule has 0 atom stereocenters. The summed E-state index contributed by atoms with van der Waals surface area (Å²) in [5.41, 5.74) is 4.43. The molecule has 0 saturated carbocycles. The Balaban J connectivity index is 1.84. The van der Waals surface area contributed by atoms with Crippen LogP contribution in [0.25, 0.3) is 0 Å². The second kappa shape index (κ2) is 9.70. The summed E-state index contributed by atoms with van der Waals surface area (Å²) in [6.45, 7) is 9.99. The Morgan fingerprint density at radius 1 is 0.867 bits per heavy atom. The molecule has 166 valence electrons. The molecule has 1 aromatic carbocycles. The average Bonchev–Trinajstić information content (AvgIpc) is 2.99. The average molecular weight is 438 g/mol. The first-order chi connectivity index (χ1) is 14.0. The smallest absolute Gasteiger partial charge is 0.241 e. The highest BCUT2D eigenvalue weighted by Crippen LogP contribution is 2.29. The van der Waals surface area contributed by atoms with Gasteiger partial charge in [0.1, 0.15) is 0 Å². The maximum absolute atomic E-state index is 12.8. The van der Waals surface area contributed by atoms with Crippen molar-refractivity contribution < 1.29 is 22.8 Å². The highest BCUT2D eigenvalue weighted by atomic mass is 32.2. The third kappa shape index (κ3) is 5.26. The highest BCUT2D eigenvalue weighted by molar-refractivity contribution is 7.89. The van der Waals surface area contributed by atoms with Gasteiger partial charge in [0, 0.05) is 38.9 Å². The first-order valence-corrected chi connectivity index (χ1v) is 11.6. The molecule has 1 heterocycles. The molecule has 3 amide bonds. The number of amides is 3. The number of nitrogens with one attached hydrogen (secondary N) is 2. The number of carbonyl (C=O) groups excluding carboxylic acids is 3. The van der Waals surface area contributed by atoms with Crippen LogP contribution in [-0.4, -0.2) is 50.7 Å². The van der Waals surface area contributed by atoms with Gasteiger partial charge >= 0.3 is 0 Å². The maximum atomic E-state index is 12.8. The van der Waals surface area contributed by atoms with Crippen molar-refractivity contribution in [2.24, 2.45) is 0 Å². The number of hydrogen-bond acceptors (Lipinski definition) is 5. The molecule has 2 rings (SSSR count). The summed E-state index contributed by atoms with van der Waals surface area (Å²) in [6, 6.07) is 0. The highest BCUT2D eigenvalue weighted by Gasteiger charge is 2.28. The van der Waals surface area contributed by atoms with E-state index in [1.807, 2.05) is 20.8 Å². The van der Waals surface area contributed by atoms with Crippen molar-refractivity contribution in [2.75, 3.05) is 19.6 Å². The number of imide groups is 1. The van der Waals surface area contributed by atoms with Crippen LogP contribution in [0.2, 0.25) is 0 Å². The van der Waals surface area contributed by atoms with E-state index in [1.165, 1.54) is 4.90 Å². The van der Waals surface area contributed by atoms with Gasteiger partial charge in [0.05, 0.1) is 4.90 Å². The van der Waals surface area contributed by atoms with E-state index in [0.29, 0.717) is 13.0 Å². The monoisotopic (exact) mass is 437 g/mol. The van der Waals surface area contributed by atoms with E-state index in [9.17, 15) is 22.8 Å². The molecule has 30 heavy (non-hydrogen) atoms. The van der Waals surface area contributed by atoms with Crippen LogP contribution in [0.4, 0.5) is 0 Å². The van der Waals surface area contributed by atoms with Crippen LogP contribution in [-0.2, 0) is 24.4 Å². The van der Waals surface area contributed by atoms with Crippen molar-refractivity contribution in [3.8, 4) is 0 Å². The Morgan fingerprint density at radius 2 is 1.37 bits per heavy atom. The summed E-state index contributed by atoms with van der Waals surface area (Å²) >= 11 is 0. The van der Waals surface area contributed by atoms with Gasteiger partial charge in [-0.1, -0.05) is 0 Å². The van der Waals surface area contributed by atoms with Crippen molar-refractivity contribution in [1.29, 1.82) is 0 Å². The van der Waals surface area contributed by atoms with E-state index >= 15 is 0 Å². The van der Waals surface area contributed by atoms with Crippen LogP contribution in [0.1, 0.15) is 53.5 Å². The zero-order valence-corrected chi connectivity index (χ0v) is 19.2. The van der Waals surface area contributed by atoms with Gasteiger partial charge in [0.15, 0.2) is 0 Å². The SMILES string of the molecule is Cc1c(C)c(C)c(S(=O)(=O)NCCC(=O)NCCCN2C(=O)CCC2=O)c(C)c1C. The Labute approximate surface area is 178 Å². The molecule has 0 unspecified atom stereocenters. The van der Waals surface area contributed by atoms with Gasteiger partial charge in [-0.05, 0) is 68.9 Å². The molecule has 0 aromatic heterocycles. The summed E-state index contributed by atoms with van der Waals surface area (Å²) in [4.78, 5) is 36.5. The Morgan fingerprint density at radius 3 is 1.90 bits per heavy atom. The van der Waals surface area contributed by atoms with Crippen LogP contribution in [0.3, 0.4) is 0 Å². The minimum absolute atomic E-state index is 0.00270. The van der Waals surface area contributed by atoms with Crippen LogP contribution >= 0.6 is 0 Å². The first-order valence-electron chi connectivity index (χ1n) is 10.1. The van der Waals surface area contributed by atoms with Crippen molar-refractivity contribution >= 4 is 27.7 Å². The van der Waals surface area contributed by atoms with Gasteiger partial charge in [-0.3, -0.25) is 19.3 Å². The van der Waals surface area contributed by atoms with Crippen molar-refractivity contribution in [3.05, 3.63) is 27.8 Å². The molecule has 1 aliphatic heterocycles. The van der Waals surface area contributed by atoms with Gasteiger partial charge < -0.3 is 5.32 Å². The fourth-order valence-electron chi connectivity index (χ4n) is 3.67. The minimum Gasteiger partial charge on any atom is -0.356 e. The summed E-state index contributed by atoms with van der Waals surface area (Å²) in [6.07, 6.45) is 0.979. The standard InChI is InChI=1S/C21H31N3O5S/c1-13-14(2)16(4)21(17(5)15(13)3)30(28,29)23-11-9-18(25)22-10-6-12-24-19(26)7-8-20(24)27/h23H,6-12H2,1-5H3,(H,22,25). The van der Waals surface area contributed by atoms with E-state index in [1.54, 1.807) is 13.8 Å². The molecule has 0 radical (unpaired) electrons. The van der Waals surface area contributed by atoms with E-state index < -0.39 is 10.0 Å². The molecule has 2 N–H and O–H groups in total. The van der Waals surface area contributed by atoms with Crippen LogP contribution < -0.4 is 10.0 Å². The van der Waals surface area contributed by atoms with Crippen molar-refractivity contribution in [2.45, 2.75) is 65.2 Å². The topological polar surface area (TPSA) is 113 Å². The number of benzene rings is 1. The van der Waals surface area contributed by atoms with Gasteiger partial charge in [-0.2, -0.15) is 0 Å². The predicted molar refractivity (Wildman–Crippen MR) is 114 cm³/mol. The summed E-state index contributed by atoms with van der Waals surface area (Å²) in [7, 11) is -3.74. The second-order valence-corrected chi connectivity index (χ2v) is 9.45. The van der Waals surface area contributed by atoms with Gasteiger partial charge in [-0.25, -0.2) is 13.1 Å². The van der Waals surface area contributed by atoms with Crippen molar-refractivity contribution in [3.63, 3.8) is 0 Å². The number of hydrogen-bond donors (Lipinski definition) is 2. The largest absolute Gasteiger partial charge is 0.356 e. The molecule has 1 aromatic rings. The Hall–Kier alpha value is -2.26. The predicted octanol–water partition coefficient (Wildman–Crippen LogP) is 1.55. The third-order valence-corrected chi connectivity index (χ3v) is 7.61. The van der Waals surface area contributed by atoms with Crippen LogP contribution in [0.5, 0.6) is 0 Å². The van der Waals surface area contributed by atoms with E-state index in [-0.39, 0.29) is 55.0 Å². The number of carbonyl (C=O) groups is 3. The molecule has 0 spiro atoms. The number of sulfonamides is 1. The van der Waals surface area contributed by atoms with E-state index in [0.717, 1.165) is 27.8 Å². The zero-order chi connectivity index (χ0) is 22.6. The molecule has 0 aliphatic carbocycles. The molecular weight excluding hydrogens is 406 g/mol. The van der Waals surface area contributed by atoms with E-state index in [2.05, 4.69) is 10.0 Å². The summed E-state index contributed by atoms with van der Waals surface area (Å²) in [5, 5.41) is 2.69. The number of nitrogens with zero attached hydrogens (tertiary/aromatic N) is 1.